The molecule has 3 aromatic rings. The molecule has 1 N–H and O–H groups in total. The number of carbonyl (C=O) groups is 2. The molecule has 7 nitrogen and oxygen atoms in total. The van der Waals surface area contributed by atoms with Gasteiger partial charge >= 0.3 is 5.97 Å². The molecule has 7 heteroatoms. The van der Waals surface area contributed by atoms with Gasteiger partial charge in [0.25, 0.3) is 5.91 Å². The number of hydrogen-bond acceptors (Lipinski definition) is 5. The first-order valence-electron chi connectivity index (χ1n) is 9.23. The van der Waals surface area contributed by atoms with E-state index < -0.39 is 5.97 Å². The molecular formula is C23H20N2O5. The molecule has 1 aliphatic rings. The number of fused-ring (bicyclic) bond motifs is 1. The van der Waals surface area contributed by atoms with Gasteiger partial charge in [-0.05, 0) is 42.0 Å². The highest BCUT2D eigenvalue weighted by Gasteiger charge is 2.26. The van der Waals surface area contributed by atoms with E-state index in [0.29, 0.717) is 34.2 Å². The Labute approximate surface area is 173 Å². The quantitative estimate of drug-likeness (QED) is 0.398. The molecule has 1 aliphatic heterocycles. The van der Waals surface area contributed by atoms with E-state index in [9.17, 15) is 9.59 Å². The summed E-state index contributed by atoms with van der Waals surface area (Å²) in [5.74, 6) is 0.869. The average molecular weight is 404 g/mol. The number of aryl methyl sites for hydroxylation is 1. The molecule has 0 unspecified atom stereocenters. The molecule has 0 radical (unpaired) electrons. The van der Waals surface area contributed by atoms with Crippen molar-refractivity contribution in [1.29, 1.82) is 0 Å². The molecule has 0 saturated carbocycles. The monoisotopic (exact) mass is 404 g/mol. The molecule has 0 spiro atoms. The van der Waals surface area contributed by atoms with Crippen LogP contribution in [-0.2, 0) is 11.8 Å². The largest absolute Gasteiger partial charge is 0.493 e. The maximum atomic E-state index is 12.5. The summed E-state index contributed by atoms with van der Waals surface area (Å²) in [7, 11) is 4.87. The molecule has 2 aromatic carbocycles. The Balaban J connectivity index is 1.58. The lowest BCUT2D eigenvalue weighted by Gasteiger charge is -2.09. The summed E-state index contributed by atoms with van der Waals surface area (Å²) in [4.78, 5) is 24.7. The van der Waals surface area contributed by atoms with Crippen LogP contribution in [0.2, 0.25) is 0 Å². The van der Waals surface area contributed by atoms with E-state index in [1.807, 2.05) is 0 Å². The van der Waals surface area contributed by atoms with Crippen molar-refractivity contribution in [2.75, 3.05) is 19.5 Å². The number of aromatic nitrogens is 1. The Morgan fingerprint density at radius 3 is 2.37 bits per heavy atom. The number of carbonyl (C=O) groups excluding carboxylic acids is 2. The number of hydrogen-bond donors (Lipinski definition) is 1. The van der Waals surface area contributed by atoms with E-state index in [0.717, 1.165) is 11.1 Å². The van der Waals surface area contributed by atoms with Crippen molar-refractivity contribution >= 4 is 29.2 Å². The van der Waals surface area contributed by atoms with Gasteiger partial charge in [-0.3, -0.25) is 4.79 Å². The Kier molecular flexibility index (Phi) is 5.02. The molecule has 4 rings (SSSR count). The van der Waals surface area contributed by atoms with Crippen molar-refractivity contribution in [3.05, 3.63) is 71.5 Å². The predicted molar refractivity (Wildman–Crippen MR) is 113 cm³/mol. The highest BCUT2D eigenvalue weighted by atomic mass is 16.5. The smallest absolute Gasteiger partial charge is 0.360 e. The number of amides is 1. The van der Waals surface area contributed by atoms with Gasteiger partial charge in [0.15, 0.2) is 11.5 Å². The van der Waals surface area contributed by atoms with Gasteiger partial charge in [-0.15, -0.1) is 0 Å². The number of esters is 1. The maximum absolute atomic E-state index is 12.5. The van der Waals surface area contributed by atoms with E-state index in [1.165, 1.54) is 0 Å². The number of methoxy groups -OCH3 is 2. The number of nitrogens with one attached hydrogen (secondary N) is 1. The molecular weight excluding hydrogens is 384 g/mol. The van der Waals surface area contributed by atoms with Crippen LogP contribution < -0.4 is 19.5 Å². The van der Waals surface area contributed by atoms with Crippen LogP contribution in [0.15, 0.2) is 54.7 Å². The second-order valence-corrected chi connectivity index (χ2v) is 6.73. The highest BCUT2D eigenvalue weighted by molar-refractivity contribution is 6.35. The summed E-state index contributed by atoms with van der Waals surface area (Å²) in [6.45, 7) is 0. The minimum Gasteiger partial charge on any atom is -0.493 e. The third-order valence-corrected chi connectivity index (χ3v) is 4.86. The van der Waals surface area contributed by atoms with Crippen LogP contribution in [0.5, 0.6) is 17.2 Å². The third kappa shape index (κ3) is 3.53. The van der Waals surface area contributed by atoms with Crippen molar-refractivity contribution in [2.45, 2.75) is 0 Å². The Bertz CT molecular complexity index is 1160. The van der Waals surface area contributed by atoms with Gasteiger partial charge in [-0.2, -0.15) is 0 Å². The van der Waals surface area contributed by atoms with Gasteiger partial charge in [0.2, 0.25) is 0 Å². The number of rotatable bonds is 5. The van der Waals surface area contributed by atoms with Crippen LogP contribution in [0, 0.1) is 0 Å². The Morgan fingerprint density at radius 1 is 1.03 bits per heavy atom. The number of nitrogens with zero attached hydrogens (tertiary/aromatic N) is 1. The predicted octanol–water partition coefficient (Wildman–Crippen LogP) is 3.75. The molecule has 0 bridgehead atoms. The van der Waals surface area contributed by atoms with Crippen LogP contribution in [-0.4, -0.2) is 30.7 Å². The molecule has 152 valence electrons. The van der Waals surface area contributed by atoms with Crippen LogP contribution >= 0.6 is 0 Å². The van der Waals surface area contributed by atoms with Crippen molar-refractivity contribution in [3.8, 4) is 17.2 Å². The molecule has 0 fully saturated rings. The van der Waals surface area contributed by atoms with Crippen LogP contribution in [0.3, 0.4) is 0 Å². The van der Waals surface area contributed by atoms with E-state index in [4.69, 9.17) is 14.2 Å². The summed E-state index contributed by atoms with van der Waals surface area (Å²) in [5.41, 5.74) is 3.17. The molecule has 1 aromatic heterocycles. The van der Waals surface area contributed by atoms with Crippen molar-refractivity contribution < 1.29 is 23.8 Å². The standard InChI is InChI=1S/C23H20N2O5/c1-25-10-4-5-19(25)23(27)30-15-8-6-14(7-9-15)11-17-16-12-20(28-2)21(29-3)13-18(16)24-22(17)26/h4-13H,1-3H3,(H,24,26)/b17-11+. The molecule has 0 saturated heterocycles. The molecule has 30 heavy (non-hydrogen) atoms. The van der Waals surface area contributed by atoms with Gasteiger partial charge in [-0.25, -0.2) is 4.79 Å². The van der Waals surface area contributed by atoms with Gasteiger partial charge in [0.05, 0.1) is 19.9 Å². The SMILES string of the molecule is COc1cc2c(cc1OC)/C(=C\c1ccc(OC(=O)c3cccn3C)cc1)C(=O)N2. The fourth-order valence-electron chi connectivity index (χ4n) is 3.29. The van der Waals surface area contributed by atoms with Gasteiger partial charge < -0.3 is 24.1 Å². The van der Waals surface area contributed by atoms with Gasteiger partial charge in [-0.1, -0.05) is 12.1 Å². The molecule has 0 aliphatic carbocycles. The fraction of sp³-hybridized carbons (Fsp3) is 0.130. The fourth-order valence-corrected chi connectivity index (χ4v) is 3.29. The van der Waals surface area contributed by atoms with Crippen LogP contribution in [0.25, 0.3) is 11.6 Å². The lowest BCUT2D eigenvalue weighted by Crippen LogP contribution is -2.12. The summed E-state index contributed by atoms with van der Waals surface area (Å²) >= 11 is 0. The minimum absolute atomic E-state index is 0.209. The topological polar surface area (TPSA) is 78.8 Å². The van der Waals surface area contributed by atoms with Gasteiger partial charge in [0, 0.05) is 30.4 Å². The van der Waals surface area contributed by atoms with Gasteiger partial charge in [0.1, 0.15) is 11.4 Å². The number of benzene rings is 2. The first-order chi connectivity index (χ1) is 14.5. The van der Waals surface area contributed by atoms with Crippen molar-refractivity contribution in [3.63, 3.8) is 0 Å². The van der Waals surface area contributed by atoms with Crippen molar-refractivity contribution in [2.24, 2.45) is 7.05 Å². The van der Waals surface area contributed by atoms with Crippen LogP contribution in [0.1, 0.15) is 21.6 Å². The zero-order valence-corrected chi connectivity index (χ0v) is 16.8. The first-order valence-corrected chi connectivity index (χ1v) is 9.23. The summed E-state index contributed by atoms with van der Waals surface area (Å²) in [5, 5.41) is 2.84. The lowest BCUT2D eigenvalue weighted by atomic mass is 10.0. The first kappa shape index (κ1) is 19.3. The van der Waals surface area contributed by atoms with E-state index in [-0.39, 0.29) is 5.91 Å². The second kappa shape index (κ2) is 7.79. The zero-order valence-electron chi connectivity index (χ0n) is 16.8. The maximum Gasteiger partial charge on any atom is 0.360 e. The highest BCUT2D eigenvalue weighted by Crippen LogP contribution is 2.41. The summed E-state index contributed by atoms with van der Waals surface area (Å²) in [6.07, 6.45) is 3.55. The zero-order chi connectivity index (χ0) is 21.3. The van der Waals surface area contributed by atoms with E-state index in [2.05, 4.69) is 5.32 Å². The second-order valence-electron chi connectivity index (χ2n) is 6.73. The normalized spacial score (nSPS) is 13.7. The Hall–Kier alpha value is -4.00. The number of anilines is 1. The average Bonchev–Trinajstić information content (AvgIpc) is 3.31. The van der Waals surface area contributed by atoms with Crippen LogP contribution in [0.4, 0.5) is 5.69 Å². The summed E-state index contributed by atoms with van der Waals surface area (Å²) in [6, 6.07) is 13.9. The third-order valence-electron chi connectivity index (χ3n) is 4.86. The lowest BCUT2D eigenvalue weighted by molar-refractivity contribution is -0.110. The molecule has 1 amide bonds. The molecule has 0 atom stereocenters. The van der Waals surface area contributed by atoms with E-state index >= 15 is 0 Å². The number of ether oxygens (including phenoxy) is 3. The minimum atomic E-state index is -0.432. The van der Waals surface area contributed by atoms with E-state index in [1.54, 1.807) is 86.6 Å². The summed E-state index contributed by atoms with van der Waals surface area (Å²) < 4.78 is 17.7. The molecule has 2 heterocycles. The van der Waals surface area contributed by atoms with Crippen molar-refractivity contribution in [1.82, 2.24) is 4.57 Å². The Morgan fingerprint density at radius 2 is 1.73 bits per heavy atom.